The Hall–Kier alpha value is -5.44. The van der Waals surface area contributed by atoms with E-state index in [2.05, 4.69) is 54.1 Å². The fraction of sp³-hybridized carbons (Fsp3) is 0.571. The highest BCUT2D eigenvalue weighted by atomic mass is 16.6. The van der Waals surface area contributed by atoms with Crippen molar-refractivity contribution in [1.82, 2.24) is 14.7 Å². The molecule has 368 valence electrons. The summed E-state index contributed by atoms with van der Waals surface area (Å²) in [6.07, 6.45) is 12.0. The molecule has 70 heavy (non-hydrogen) atoms. The molecule has 14 heteroatoms. The maximum absolute atomic E-state index is 12.6. The summed E-state index contributed by atoms with van der Waals surface area (Å²) >= 11 is 0. The molecule has 0 unspecified atom stereocenters. The van der Waals surface area contributed by atoms with Gasteiger partial charge in [-0.1, -0.05) is 24.3 Å². The molecule has 6 aliphatic heterocycles. The van der Waals surface area contributed by atoms with Crippen LogP contribution in [0.25, 0.3) is 0 Å². The SMILES string of the molecule is CC(=O)Oc1ccc2c3c1O[C@H]1[C@@H](OC(C)=O)C=C[C@H]4[C@@H](C2)N(C)CC[C@@]341.CN1CC[C@]23c4c5ccc(O)c4O[C@H]2C(=O)CC[C@H]3[C@H]1C5.COc1ccc2c3c1O[C@H]1C(=O)CC[C@H]4[C@@H](C2)N(C)CC[C@]314. The van der Waals surface area contributed by atoms with Gasteiger partial charge in [-0.15, -0.1) is 0 Å². The molecule has 6 aliphatic carbocycles. The van der Waals surface area contributed by atoms with Gasteiger partial charge in [0.2, 0.25) is 0 Å². The van der Waals surface area contributed by atoms with Crippen molar-refractivity contribution < 1.29 is 52.7 Å². The van der Waals surface area contributed by atoms with Gasteiger partial charge in [0.25, 0.3) is 0 Å². The zero-order valence-electron chi connectivity index (χ0n) is 41.0. The molecule has 5 fully saturated rings. The zero-order chi connectivity index (χ0) is 48.3. The van der Waals surface area contributed by atoms with E-state index in [-0.39, 0.29) is 69.7 Å². The summed E-state index contributed by atoms with van der Waals surface area (Å²) < 4.78 is 35.3. The van der Waals surface area contributed by atoms with E-state index in [9.17, 15) is 24.3 Å². The highest BCUT2D eigenvalue weighted by molar-refractivity contribution is 5.90. The van der Waals surface area contributed by atoms with E-state index in [4.69, 9.17) is 28.4 Å². The molecule has 0 amide bonds. The quantitative estimate of drug-likeness (QED) is 0.198. The Labute approximate surface area is 408 Å². The van der Waals surface area contributed by atoms with E-state index in [0.717, 1.165) is 93.6 Å². The molecule has 3 saturated heterocycles. The topological polar surface area (TPSA) is 154 Å². The Kier molecular flexibility index (Phi) is 9.87. The maximum Gasteiger partial charge on any atom is 0.308 e. The van der Waals surface area contributed by atoms with Crippen molar-refractivity contribution in [3.05, 3.63) is 81.9 Å². The first-order chi connectivity index (χ1) is 33.7. The maximum atomic E-state index is 12.6. The van der Waals surface area contributed by atoms with Gasteiger partial charge in [-0.25, -0.2) is 0 Å². The summed E-state index contributed by atoms with van der Waals surface area (Å²) in [5.41, 5.74) is 6.99. The second kappa shape index (κ2) is 15.5. The number of esters is 2. The van der Waals surface area contributed by atoms with Crippen LogP contribution in [0.3, 0.4) is 0 Å². The van der Waals surface area contributed by atoms with Crippen LogP contribution in [0.2, 0.25) is 0 Å². The molecular weight excluding hydrogens is 891 g/mol. The fourth-order valence-corrected chi connectivity index (χ4v) is 16.9. The second-order valence-electron chi connectivity index (χ2n) is 22.5. The van der Waals surface area contributed by atoms with Gasteiger partial charge in [-0.05, 0) is 145 Å². The average Bonchev–Trinajstić information content (AvgIpc) is 4.01. The first kappa shape index (κ1) is 44.5. The summed E-state index contributed by atoms with van der Waals surface area (Å²) in [6, 6.07) is 13.3. The minimum atomic E-state index is -0.439. The van der Waals surface area contributed by atoms with Crippen molar-refractivity contribution in [2.75, 3.05) is 47.9 Å². The number of hydrogen-bond donors (Lipinski definition) is 1. The van der Waals surface area contributed by atoms with Crippen LogP contribution in [0.4, 0.5) is 0 Å². The largest absolute Gasteiger partial charge is 0.504 e. The predicted octanol–water partition coefficient (Wildman–Crippen LogP) is 5.55. The molecule has 6 bridgehead atoms. The van der Waals surface area contributed by atoms with Crippen LogP contribution in [-0.4, -0.2) is 134 Å². The molecule has 12 aliphatic rings. The number of piperidine rings is 3. The first-order valence-electron chi connectivity index (χ1n) is 25.6. The number of likely N-dealkylation sites (N-methyl/N-ethyl adjacent to an activating group) is 3. The Bertz CT molecular complexity index is 2830. The average molecular weight is 954 g/mol. The predicted molar refractivity (Wildman–Crippen MR) is 255 cm³/mol. The van der Waals surface area contributed by atoms with Crippen LogP contribution in [-0.2, 0) is 59.4 Å². The van der Waals surface area contributed by atoms with Crippen LogP contribution in [0, 0.1) is 17.8 Å². The van der Waals surface area contributed by atoms with Gasteiger partial charge in [-0.2, -0.15) is 0 Å². The monoisotopic (exact) mass is 953 g/mol. The van der Waals surface area contributed by atoms with Crippen molar-refractivity contribution >= 4 is 23.5 Å². The van der Waals surface area contributed by atoms with E-state index < -0.39 is 6.10 Å². The summed E-state index contributed by atoms with van der Waals surface area (Å²) in [4.78, 5) is 55.8. The number of phenolic OH excluding ortho intramolecular Hbond substituents is 1. The lowest BCUT2D eigenvalue weighted by atomic mass is 9.52. The Balaban J connectivity index is 0.000000104. The van der Waals surface area contributed by atoms with E-state index in [0.29, 0.717) is 60.1 Å². The molecule has 13 atom stereocenters. The van der Waals surface area contributed by atoms with Crippen LogP contribution in [0.5, 0.6) is 34.5 Å². The minimum Gasteiger partial charge on any atom is -0.504 e. The number of nitrogens with zero attached hydrogens (tertiary/aromatic N) is 3. The Morgan fingerprint density at radius 2 is 1.13 bits per heavy atom. The lowest BCUT2D eigenvalue weighted by Gasteiger charge is -2.57. The van der Waals surface area contributed by atoms with Crippen LogP contribution in [0.1, 0.15) is 92.2 Å². The number of methoxy groups -OCH3 is 1. The molecular formula is C56H63N3O11. The highest BCUT2D eigenvalue weighted by Gasteiger charge is 2.68. The van der Waals surface area contributed by atoms with Crippen molar-refractivity contribution in [3.63, 3.8) is 0 Å². The molecule has 0 aromatic heterocycles. The summed E-state index contributed by atoms with van der Waals surface area (Å²) in [5, 5.41) is 10.2. The van der Waals surface area contributed by atoms with Crippen LogP contribution >= 0.6 is 0 Å². The van der Waals surface area contributed by atoms with Crippen molar-refractivity contribution in [2.45, 2.75) is 137 Å². The molecule has 3 aromatic rings. The molecule has 15 rings (SSSR count). The fourth-order valence-electron chi connectivity index (χ4n) is 16.9. The number of aromatic hydroxyl groups is 1. The second-order valence-corrected chi connectivity index (χ2v) is 22.5. The molecule has 3 spiro atoms. The highest BCUT2D eigenvalue weighted by Crippen LogP contribution is 2.66. The smallest absolute Gasteiger partial charge is 0.308 e. The summed E-state index contributed by atoms with van der Waals surface area (Å²) in [6.45, 7) is 5.82. The summed E-state index contributed by atoms with van der Waals surface area (Å²) in [7, 11) is 8.29. The number of ether oxygens (including phenoxy) is 6. The van der Waals surface area contributed by atoms with Gasteiger partial charge in [0.05, 0.1) is 7.11 Å². The third kappa shape index (κ3) is 5.78. The number of benzene rings is 3. The lowest BCUT2D eigenvalue weighted by Crippen LogP contribution is -2.65. The zero-order valence-corrected chi connectivity index (χ0v) is 41.0. The number of Topliss-reactive ketones (excluding diaryl/α,β-unsaturated/α-hetero) is 2. The number of rotatable bonds is 3. The molecule has 6 heterocycles. The van der Waals surface area contributed by atoms with Crippen molar-refractivity contribution in [2.24, 2.45) is 17.8 Å². The third-order valence-electron chi connectivity index (χ3n) is 19.6. The molecule has 1 N–H and O–H groups in total. The van der Waals surface area contributed by atoms with E-state index >= 15 is 0 Å². The molecule has 14 nitrogen and oxygen atoms in total. The Morgan fingerprint density at radius 3 is 1.71 bits per heavy atom. The van der Waals surface area contributed by atoms with Crippen LogP contribution in [0.15, 0.2) is 48.6 Å². The number of hydrogen-bond acceptors (Lipinski definition) is 14. The number of carbonyl (C=O) groups excluding carboxylic acids is 4. The number of likely N-dealkylation sites (tertiary alicyclic amines) is 3. The third-order valence-corrected chi connectivity index (χ3v) is 19.6. The minimum absolute atomic E-state index is 0.0933. The normalized spacial score (nSPS) is 37.6. The summed E-state index contributed by atoms with van der Waals surface area (Å²) in [5.74, 6) is 4.67. The van der Waals surface area contributed by atoms with Gasteiger partial charge < -0.3 is 48.2 Å². The number of ketones is 2. The first-order valence-corrected chi connectivity index (χ1v) is 25.6. The molecule has 0 radical (unpaired) electrons. The van der Waals surface area contributed by atoms with Crippen molar-refractivity contribution in [3.8, 4) is 34.5 Å². The molecule has 2 saturated carbocycles. The van der Waals surface area contributed by atoms with Gasteiger partial charge in [0.15, 0.2) is 64.4 Å². The number of phenols is 1. The van der Waals surface area contributed by atoms with Crippen molar-refractivity contribution in [1.29, 1.82) is 0 Å². The van der Waals surface area contributed by atoms with Gasteiger partial charge >= 0.3 is 11.9 Å². The van der Waals surface area contributed by atoms with Gasteiger partial charge in [0.1, 0.15) is 6.10 Å². The van der Waals surface area contributed by atoms with Crippen LogP contribution < -0.4 is 23.7 Å². The Morgan fingerprint density at radius 1 is 0.629 bits per heavy atom. The number of carbonyl (C=O) groups is 4. The van der Waals surface area contributed by atoms with E-state index in [1.165, 1.54) is 36.1 Å². The van der Waals surface area contributed by atoms with Gasteiger partial charge in [-0.3, -0.25) is 19.2 Å². The lowest BCUT2D eigenvalue weighted by molar-refractivity contribution is -0.152. The van der Waals surface area contributed by atoms with Gasteiger partial charge in [0, 0.05) is 83.7 Å². The standard InChI is InChI=1S/C21H23NO5.C18H21NO3.C17H19NO3/c1-11(23)25-16-6-4-13-10-15-14-5-7-17(26-12(2)24)20-21(14,8-9-22(15)3)18(13)19(16)27-20;1-19-8-7-18-11-4-5-13(20)17(18)22-16-14(21-2)6-3-10(15(16)18)9-12(11)19;1-18-7-6-17-10-3-5-13(20)16(17)21-15-12(19)4-2-9(14(15)17)8-11(10)18/h4-7,14-15,17,20H,8-10H2,1-3H3;3,6,11-12,17H,4-5,7-9H2,1-2H3;2,4,10-11,16,19H,3,5-8H2,1H3/t14-,15+,17-,20-,21-;11-,12+,17-,18-;10-,11+,16-,17-/m000/s1. The molecule has 3 aromatic carbocycles. The van der Waals surface area contributed by atoms with E-state index in [1.807, 2.05) is 24.3 Å². The van der Waals surface area contributed by atoms with E-state index in [1.54, 1.807) is 13.2 Å².